The third-order valence-corrected chi connectivity index (χ3v) is 4.48. The predicted molar refractivity (Wildman–Crippen MR) is 91.2 cm³/mol. The van der Waals surface area contributed by atoms with E-state index < -0.39 is 0 Å². The molecule has 2 aromatic rings. The second-order valence-corrected chi connectivity index (χ2v) is 6.27. The standard InChI is InChI=1S/C19H24N2O3/c1-2-23-19(22)12-15-8-10-21(11-9-15)14-17-13-18(20-24-17)16-6-4-3-5-7-16/h3-7,13,15H,2,8-12,14H2,1H3. The molecule has 0 atom stereocenters. The Labute approximate surface area is 142 Å². The lowest BCUT2D eigenvalue weighted by atomic mass is 9.93. The molecule has 0 amide bonds. The number of hydrogen-bond acceptors (Lipinski definition) is 5. The summed E-state index contributed by atoms with van der Waals surface area (Å²) in [4.78, 5) is 13.9. The summed E-state index contributed by atoms with van der Waals surface area (Å²) >= 11 is 0. The van der Waals surface area contributed by atoms with Gasteiger partial charge in [-0.2, -0.15) is 0 Å². The number of hydrogen-bond donors (Lipinski definition) is 0. The Morgan fingerprint density at radius 2 is 2.04 bits per heavy atom. The lowest BCUT2D eigenvalue weighted by Gasteiger charge is -2.30. The van der Waals surface area contributed by atoms with E-state index >= 15 is 0 Å². The molecule has 0 N–H and O–H groups in total. The van der Waals surface area contributed by atoms with Gasteiger partial charge in [0, 0.05) is 18.1 Å². The number of likely N-dealkylation sites (tertiary alicyclic amines) is 1. The number of nitrogens with zero attached hydrogens (tertiary/aromatic N) is 2. The van der Waals surface area contributed by atoms with Gasteiger partial charge >= 0.3 is 5.97 Å². The predicted octanol–water partition coefficient (Wildman–Crippen LogP) is 3.51. The number of carbonyl (C=O) groups is 1. The molecule has 5 nitrogen and oxygen atoms in total. The first-order chi connectivity index (χ1) is 11.7. The Hall–Kier alpha value is -2.14. The van der Waals surface area contributed by atoms with E-state index in [0.717, 1.165) is 49.5 Å². The molecule has 1 aliphatic rings. The molecule has 1 fully saturated rings. The molecule has 1 aliphatic heterocycles. The fourth-order valence-electron chi connectivity index (χ4n) is 3.16. The van der Waals surface area contributed by atoms with E-state index in [9.17, 15) is 4.79 Å². The quantitative estimate of drug-likeness (QED) is 0.760. The largest absolute Gasteiger partial charge is 0.466 e. The van der Waals surface area contributed by atoms with Crippen molar-refractivity contribution in [2.75, 3.05) is 19.7 Å². The van der Waals surface area contributed by atoms with Crippen molar-refractivity contribution in [3.8, 4) is 11.3 Å². The normalized spacial score (nSPS) is 16.2. The maximum Gasteiger partial charge on any atom is 0.306 e. The highest BCUT2D eigenvalue weighted by atomic mass is 16.5. The molecule has 0 spiro atoms. The van der Waals surface area contributed by atoms with E-state index in [-0.39, 0.29) is 5.97 Å². The molecule has 0 unspecified atom stereocenters. The van der Waals surface area contributed by atoms with E-state index in [1.807, 2.05) is 43.3 Å². The molecule has 0 bridgehead atoms. The van der Waals surface area contributed by atoms with Crippen LogP contribution in [0.25, 0.3) is 11.3 Å². The van der Waals surface area contributed by atoms with Crippen LogP contribution in [0.15, 0.2) is 40.9 Å². The van der Waals surface area contributed by atoms with Crippen molar-refractivity contribution < 1.29 is 14.1 Å². The number of rotatable bonds is 6. The molecule has 2 heterocycles. The Morgan fingerprint density at radius 3 is 2.75 bits per heavy atom. The fourth-order valence-corrected chi connectivity index (χ4v) is 3.16. The van der Waals surface area contributed by atoms with Gasteiger partial charge in [0.15, 0.2) is 5.76 Å². The number of aromatic nitrogens is 1. The van der Waals surface area contributed by atoms with Crippen LogP contribution in [0.1, 0.15) is 31.9 Å². The summed E-state index contributed by atoms with van der Waals surface area (Å²) in [5.41, 5.74) is 1.95. The lowest BCUT2D eigenvalue weighted by Crippen LogP contribution is -2.34. The second kappa shape index (κ2) is 8.11. The van der Waals surface area contributed by atoms with E-state index in [1.54, 1.807) is 0 Å². The van der Waals surface area contributed by atoms with Gasteiger partial charge in [-0.05, 0) is 38.8 Å². The van der Waals surface area contributed by atoms with Gasteiger partial charge in [-0.1, -0.05) is 35.5 Å². The molecule has 24 heavy (non-hydrogen) atoms. The molecule has 0 radical (unpaired) electrons. The average molecular weight is 328 g/mol. The monoisotopic (exact) mass is 328 g/mol. The van der Waals surface area contributed by atoms with Gasteiger partial charge < -0.3 is 9.26 Å². The van der Waals surface area contributed by atoms with Gasteiger partial charge in [0.1, 0.15) is 5.69 Å². The van der Waals surface area contributed by atoms with Crippen LogP contribution < -0.4 is 0 Å². The van der Waals surface area contributed by atoms with Crippen molar-refractivity contribution in [3.05, 3.63) is 42.2 Å². The summed E-state index contributed by atoms with van der Waals surface area (Å²) in [7, 11) is 0. The van der Waals surface area contributed by atoms with Crippen LogP contribution in [0.3, 0.4) is 0 Å². The van der Waals surface area contributed by atoms with Crippen LogP contribution in [0.4, 0.5) is 0 Å². The zero-order valence-corrected chi connectivity index (χ0v) is 14.1. The number of benzene rings is 1. The minimum atomic E-state index is -0.0707. The molecule has 0 aliphatic carbocycles. The number of piperidine rings is 1. The molecule has 1 aromatic heterocycles. The van der Waals surface area contributed by atoms with Crippen LogP contribution in [-0.4, -0.2) is 35.7 Å². The molecular formula is C19H24N2O3. The Balaban J connectivity index is 1.48. The second-order valence-electron chi connectivity index (χ2n) is 6.27. The summed E-state index contributed by atoms with van der Waals surface area (Å²) in [5.74, 6) is 1.26. The number of esters is 1. The Kier molecular flexibility index (Phi) is 5.64. The average Bonchev–Trinajstić information content (AvgIpc) is 3.06. The van der Waals surface area contributed by atoms with E-state index in [1.165, 1.54) is 0 Å². The molecule has 1 saturated heterocycles. The van der Waals surface area contributed by atoms with Crippen molar-refractivity contribution in [3.63, 3.8) is 0 Å². The van der Waals surface area contributed by atoms with Crippen LogP contribution in [0.5, 0.6) is 0 Å². The number of carbonyl (C=O) groups excluding carboxylic acids is 1. The maximum atomic E-state index is 11.6. The van der Waals surface area contributed by atoms with Gasteiger partial charge in [-0.15, -0.1) is 0 Å². The van der Waals surface area contributed by atoms with Gasteiger partial charge in [-0.25, -0.2) is 0 Å². The molecule has 3 rings (SSSR count). The zero-order chi connectivity index (χ0) is 16.8. The summed E-state index contributed by atoms with van der Waals surface area (Å²) < 4.78 is 10.5. The first-order valence-electron chi connectivity index (χ1n) is 8.63. The van der Waals surface area contributed by atoms with Crippen molar-refractivity contribution in [2.45, 2.75) is 32.7 Å². The lowest BCUT2D eigenvalue weighted by molar-refractivity contribution is -0.144. The molecular weight excluding hydrogens is 304 g/mol. The topological polar surface area (TPSA) is 55.6 Å². The summed E-state index contributed by atoms with van der Waals surface area (Å²) in [5, 5.41) is 4.16. The SMILES string of the molecule is CCOC(=O)CC1CCN(Cc2cc(-c3ccccc3)no2)CC1. The first-order valence-corrected chi connectivity index (χ1v) is 8.63. The molecule has 1 aromatic carbocycles. The van der Waals surface area contributed by atoms with Gasteiger partial charge in [0.2, 0.25) is 0 Å². The molecule has 128 valence electrons. The third-order valence-electron chi connectivity index (χ3n) is 4.48. The van der Waals surface area contributed by atoms with E-state index in [4.69, 9.17) is 9.26 Å². The fraction of sp³-hybridized carbons (Fsp3) is 0.474. The van der Waals surface area contributed by atoms with Gasteiger partial charge in [-0.3, -0.25) is 9.69 Å². The van der Waals surface area contributed by atoms with Crippen molar-refractivity contribution in [2.24, 2.45) is 5.92 Å². The van der Waals surface area contributed by atoms with E-state index in [0.29, 0.717) is 18.9 Å². The first kappa shape index (κ1) is 16.7. The highest BCUT2D eigenvalue weighted by Gasteiger charge is 2.23. The van der Waals surface area contributed by atoms with Crippen LogP contribution in [0, 0.1) is 5.92 Å². The van der Waals surface area contributed by atoms with Crippen molar-refractivity contribution in [1.82, 2.24) is 10.1 Å². The third kappa shape index (κ3) is 4.45. The number of ether oxygens (including phenoxy) is 1. The zero-order valence-electron chi connectivity index (χ0n) is 14.1. The Morgan fingerprint density at radius 1 is 1.29 bits per heavy atom. The van der Waals surface area contributed by atoms with Gasteiger partial charge in [0.25, 0.3) is 0 Å². The van der Waals surface area contributed by atoms with Crippen LogP contribution in [0.2, 0.25) is 0 Å². The van der Waals surface area contributed by atoms with Crippen LogP contribution >= 0.6 is 0 Å². The highest BCUT2D eigenvalue weighted by molar-refractivity contribution is 5.69. The minimum absolute atomic E-state index is 0.0707. The smallest absolute Gasteiger partial charge is 0.306 e. The maximum absolute atomic E-state index is 11.6. The summed E-state index contributed by atoms with van der Waals surface area (Å²) in [6.07, 6.45) is 2.60. The highest BCUT2D eigenvalue weighted by Crippen LogP contribution is 2.24. The Bertz CT molecular complexity index is 646. The van der Waals surface area contributed by atoms with Crippen molar-refractivity contribution in [1.29, 1.82) is 0 Å². The van der Waals surface area contributed by atoms with Gasteiger partial charge in [0.05, 0.1) is 13.2 Å². The van der Waals surface area contributed by atoms with Crippen molar-refractivity contribution >= 4 is 5.97 Å². The molecule has 5 heteroatoms. The van der Waals surface area contributed by atoms with Crippen LogP contribution in [-0.2, 0) is 16.1 Å². The van der Waals surface area contributed by atoms with E-state index in [2.05, 4.69) is 10.1 Å². The molecule has 0 saturated carbocycles. The minimum Gasteiger partial charge on any atom is -0.466 e. The summed E-state index contributed by atoms with van der Waals surface area (Å²) in [6, 6.07) is 12.1. The summed E-state index contributed by atoms with van der Waals surface area (Å²) in [6.45, 7) is 5.04.